The summed E-state index contributed by atoms with van der Waals surface area (Å²) in [5, 5.41) is 3.59. The molecule has 0 aliphatic heterocycles. The van der Waals surface area contributed by atoms with Gasteiger partial charge in [0.05, 0.1) is 16.7 Å². The van der Waals surface area contributed by atoms with Crippen molar-refractivity contribution in [3.63, 3.8) is 0 Å². The zero-order chi connectivity index (χ0) is 40.7. The molecule has 0 saturated heterocycles. The fourth-order valence-corrected chi connectivity index (χ4v) is 10.2. The summed E-state index contributed by atoms with van der Waals surface area (Å²) < 4.78 is 9.49. The number of nitrogens with zero attached hydrogens (tertiary/aromatic N) is 1. The first-order valence-corrected chi connectivity index (χ1v) is 21.2. The lowest BCUT2D eigenvalue weighted by molar-refractivity contribution is 0.620. The van der Waals surface area contributed by atoms with E-state index in [0.29, 0.717) is 0 Å². The Labute approximate surface area is 355 Å². The van der Waals surface area contributed by atoms with Crippen LogP contribution in [0.2, 0.25) is 0 Å². The minimum Gasteiger partial charge on any atom is -0.455 e. The molecule has 0 spiro atoms. The van der Waals surface area contributed by atoms with Crippen molar-refractivity contribution in [1.29, 1.82) is 0 Å². The Morgan fingerprint density at radius 1 is 0.361 bits per heavy atom. The standard InChI is InChI=1S/C59H41NO/c1-59(2)52-30-15-13-27-48(52)58-56(59)49-29-17-28-47(57(49)61-58)46-26-14-16-31-53(46)60-54-34-32-40(44-24-11-9-22-42(44)38-18-5-3-6-19-38)36-50(54)51-37-41(33-35-55(51)60)45-25-12-10-23-43(45)39-20-7-4-8-21-39/h3-37H,1-2H3. The third-order valence-corrected chi connectivity index (χ3v) is 13.0. The summed E-state index contributed by atoms with van der Waals surface area (Å²) in [6.45, 7) is 4.65. The van der Waals surface area contributed by atoms with Crippen LogP contribution in [0.1, 0.15) is 25.0 Å². The highest BCUT2D eigenvalue weighted by Gasteiger charge is 2.40. The maximum atomic E-state index is 7.02. The predicted octanol–water partition coefficient (Wildman–Crippen LogP) is 16.2. The molecular formula is C59H41NO. The van der Waals surface area contributed by atoms with Gasteiger partial charge in [0.15, 0.2) is 0 Å². The van der Waals surface area contributed by atoms with Gasteiger partial charge < -0.3 is 8.98 Å². The van der Waals surface area contributed by atoms with Gasteiger partial charge in [-0.2, -0.15) is 0 Å². The predicted molar refractivity (Wildman–Crippen MR) is 255 cm³/mol. The quantitative estimate of drug-likeness (QED) is 0.164. The molecule has 9 aromatic carbocycles. The van der Waals surface area contributed by atoms with E-state index in [1.807, 2.05) is 0 Å². The smallest absolute Gasteiger partial charge is 0.143 e. The first-order valence-electron chi connectivity index (χ1n) is 21.2. The van der Waals surface area contributed by atoms with E-state index in [2.05, 4.69) is 231 Å². The van der Waals surface area contributed by atoms with Crippen LogP contribution in [0.4, 0.5) is 0 Å². The molecule has 0 atom stereocenters. The topological polar surface area (TPSA) is 18.1 Å². The van der Waals surface area contributed by atoms with Gasteiger partial charge in [0, 0.05) is 43.8 Å². The van der Waals surface area contributed by atoms with Crippen molar-refractivity contribution >= 4 is 32.8 Å². The molecule has 0 unspecified atom stereocenters. The van der Waals surface area contributed by atoms with Gasteiger partial charge in [0.25, 0.3) is 0 Å². The summed E-state index contributed by atoms with van der Waals surface area (Å²) in [7, 11) is 0. The van der Waals surface area contributed by atoms with Crippen molar-refractivity contribution < 1.29 is 4.42 Å². The number of aromatic nitrogens is 1. The zero-order valence-electron chi connectivity index (χ0n) is 34.1. The molecule has 12 rings (SSSR count). The molecule has 0 bridgehead atoms. The Morgan fingerprint density at radius 2 is 0.820 bits per heavy atom. The molecule has 2 nitrogen and oxygen atoms in total. The summed E-state index contributed by atoms with van der Waals surface area (Å²) in [6.07, 6.45) is 0. The Bertz CT molecular complexity index is 3350. The molecule has 288 valence electrons. The van der Waals surface area contributed by atoms with Gasteiger partial charge in [-0.25, -0.2) is 0 Å². The van der Waals surface area contributed by atoms with Crippen molar-refractivity contribution in [3.05, 3.63) is 223 Å². The van der Waals surface area contributed by atoms with Crippen LogP contribution in [-0.2, 0) is 5.41 Å². The molecule has 0 fully saturated rings. The molecule has 0 saturated carbocycles. The highest BCUT2D eigenvalue weighted by Crippen LogP contribution is 2.54. The molecule has 1 aliphatic carbocycles. The fraction of sp³-hybridized carbons (Fsp3) is 0.0508. The van der Waals surface area contributed by atoms with Crippen molar-refractivity contribution in [2.45, 2.75) is 19.3 Å². The normalized spacial score (nSPS) is 12.9. The second kappa shape index (κ2) is 13.7. The summed E-state index contributed by atoms with van der Waals surface area (Å²) >= 11 is 0. The second-order valence-corrected chi connectivity index (χ2v) is 16.8. The van der Waals surface area contributed by atoms with Crippen molar-refractivity contribution in [3.8, 4) is 72.6 Å². The van der Waals surface area contributed by atoms with E-state index in [9.17, 15) is 0 Å². The molecule has 2 aromatic heterocycles. The van der Waals surface area contributed by atoms with E-state index in [4.69, 9.17) is 4.42 Å². The highest BCUT2D eigenvalue weighted by molar-refractivity contribution is 6.13. The van der Waals surface area contributed by atoms with E-state index in [-0.39, 0.29) is 5.41 Å². The van der Waals surface area contributed by atoms with Crippen LogP contribution in [-0.4, -0.2) is 4.57 Å². The van der Waals surface area contributed by atoms with Crippen LogP contribution in [0.15, 0.2) is 217 Å². The molecule has 61 heavy (non-hydrogen) atoms. The number of hydrogen-bond donors (Lipinski definition) is 0. The molecule has 0 radical (unpaired) electrons. The Hall–Kier alpha value is -7.68. The lowest BCUT2D eigenvalue weighted by Gasteiger charge is -2.21. The summed E-state index contributed by atoms with van der Waals surface area (Å²) in [5.41, 5.74) is 19.8. The minimum absolute atomic E-state index is 0.171. The van der Waals surface area contributed by atoms with Crippen LogP contribution >= 0.6 is 0 Å². The number of furan rings is 1. The molecule has 11 aromatic rings. The lowest BCUT2D eigenvalue weighted by Crippen LogP contribution is -2.14. The third-order valence-electron chi connectivity index (χ3n) is 13.0. The number of rotatable bonds is 6. The summed E-state index contributed by atoms with van der Waals surface area (Å²) in [4.78, 5) is 0. The Morgan fingerprint density at radius 3 is 1.39 bits per heavy atom. The van der Waals surface area contributed by atoms with Gasteiger partial charge in [0.1, 0.15) is 11.3 Å². The number of hydrogen-bond acceptors (Lipinski definition) is 1. The van der Waals surface area contributed by atoms with E-state index in [1.54, 1.807) is 0 Å². The second-order valence-electron chi connectivity index (χ2n) is 16.8. The largest absolute Gasteiger partial charge is 0.455 e. The Kier molecular flexibility index (Phi) is 7.92. The number of fused-ring (bicyclic) bond motifs is 8. The van der Waals surface area contributed by atoms with Crippen molar-refractivity contribution in [2.24, 2.45) is 0 Å². The molecule has 2 heterocycles. The monoisotopic (exact) mass is 779 g/mol. The maximum absolute atomic E-state index is 7.02. The van der Waals surface area contributed by atoms with Crippen LogP contribution in [0.3, 0.4) is 0 Å². The van der Waals surface area contributed by atoms with E-state index in [1.165, 1.54) is 77.4 Å². The maximum Gasteiger partial charge on any atom is 0.143 e. The highest BCUT2D eigenvalue weighted by atomic mass is 16.3. The summed E-state index contributed by atoms with van der Waals surface area (Å²) in [5.74, 6) is 0.990. The van der Waals surface area contributed by atoms with Gasteiger partial charge in [-0.3, -0.25) is 0 Å². The average Bonchev–Trinajstić information content (AvgIpc) is 3.95. The average molecular weight is 780 g/mol. The molecule has 0 N–H and O–H groups in total. The first-order chi connectivity index (χ1) is 30.0. The van der Waals surface area contributed by atoms with Crippen LogP contribution in [0, 0.1) is 0 Å². The van der Waals surface area contributed by atoms with E-state index in [0.717, 1.165) is 39.2 Å². The minimum atomic E-state index is -0.171. The Balaban J connectivity index is 1.11. The number of para-hydroxylation sites is 2. The van der Waals surface area contributed by atoms with Gasteiger partial charge in [-0.15, -0.1) is 0 Å². The van der Waals surface area contributed by atoms with Crippen LogP contribution in [0.25, 0.3) is 105 Å². The van der Waals surface area contributed by atoms with Crippen molar-refractivity contribution in [2.75, 3.05) is 0 Å². The van der Waals surface area contributed by atoms with Gasteiger partial charge in [0.2, 0.25) is 0 Å². The van der Waals surface area contributed by atoms with Gasteiger partial charge in [-0.1, -0.05) is 196 Å². The SMILES string of the molecule is CC1(C)c2ccccc2-c2oc3c(-c4ccccc4-n4c5ccc(-c6ccccc6-c6ccccc6)cc5c5cc(-c6ccccc6-c6ccccc6)ccc54)cccc3c21. The first kappa shape index (κ1) is 35.3. The molecule has 2 heteroatoms. The fourth-order valence-electron chi connectivity index (χ4n) is 10.2. The van der Waals surface area contributed by atoms with Crippen LogP contribution < -0.4 is 0 Å². The van der Waals surface area contributed by atoms with Crippen LogP contribution in [0.5, 0.6) is 0 Å². The van der Waals surface area contributed by atoms with E-state index >= 15 is 0 Å². The van der Waals surface area contributed by atoms with Gasteiger partial charge in [-0.05, 0) is 80.4 Å². The zero-order valence-corrected chi connectivity index (χ0v) is 34.1. The molecular weight excluding hydrogens is 739 g/mol. The van der Waals surface area contributed by atoms with Gasteiger partial charge >= 0.3 is 0 Å². The lowest BCUT2D eigenvalue weighted by atomic mass is 9.81. The van der Waals surface area contributed by atoms with Crippen molar-refractivity contribution in [1.82, 2.24) is 4.57 Å². The summed E-state index contributed by atoms with van der Waals surface area (Å²) in [6, 6.07) is 77.2. The molecule has 1 aliphatic rings. The molecule has 0 amide bonds. The third kappa shape index (κ3) is 5.42. The van der Waals surface area contributed by atoms with E-state index < -0.39 is 0 Å². The number of benzene rings is 9.